The summed E-state index contributed by atoms with van der Waals surface area (Å²) in [6, 6.07) is -0.912. The summed E-state index contributed by atoms with van der Waals surface area (Å²) >= 11 is 1.03. The molecule has 0 N–H and O–H groups in total. The predicted octanol–water partition coefficient (Wildman–Crippen LogP) is 2.27. The van der Waals surface area contributed by atoms with Crippen LogP contribution in [0.3, 0.4) is 0 Å². The lowest BCUT2D eigenvalue weighted by molar-refractivity contribution is -0.165. The van der Waals surface area contributed by atoms with E-state index in [0.29, 0.717) is 0 Å². The van der Waals surface area contributed by atoms with Gasteiger partial charge in [-0.2, -0.15) is 0 Å². The van der Waals surface area contributed by atoms with Crippen LogP contribution in [0.1, 0.15) is 48.5 Å². The van der Waals surface area contributed by atoms with Gasteiger partial charge < -0.3 is 14.4 Å². The Labute approximate surface area is 160 Å². The minimum absolute atomic E-state index is 0.100. The van der Waals surface area contributed by atoms with Crippen molar-refractivity contribution in [3.05, 3.63) is 0 Å². The third-order valence-electron chi connectivity index (χ3n) is 3.37. The van der Waals surface area contributed by atoms with E-state index in [1.807, 2.05) is 0 Å². The molecule has 0 aromatic carbocycles. The molecule has 0 saturated carbocycles. The molecule has 1 amide bonds. The van der Waals surface area contributed by atoms with Crippen LogP contribution in [0.15, 0.2) is 0 Å². The number of carbonyl (C=O) groups is 4. The maximum Gasteiger partial charge on any atom is 0.328 e. The molecular formula is C18H31NO6S. The van der Waals surface area contributed by atoms with Crippen molar-refractivity contribution in [3.63, 3.8) is 0 Å². The van der Waals surface area contributed by atoms with E-state index in [-0.39, 0.29) is 23.3 Å². The van der Waals surface area contributed by atoms with Crippen LogP contribution in [-0.4, -0.2) is 58.9 Å². The quantitative estimate of drug-likeness (QED) is 0.588. The monoisotopic (exact) mass is 389 g/mol. The predicted molar refractivity (Wildman–Crippen MR) is 101 cm³/mol. The van der Waals surface area contributed by atoms with Gasteiger partial charge in [-0.3, -0.25) is 14.4 Å². The molecule has 0 heterocycles. The summed E-state index contributed by atoms with van der Waals surface area (Å²) in [5.41, 5.74) is -0.708. The number of esters is 2. The highest BCUT2D eigenvalue weighted by molar-refractivity contribution is 8.13. The van der Waals surface area contributed by atoms with Gasteiger partial charge in [0.1, 0.15) is 18.2 Å². The van der Waals surface area contributed by atoms with Crippen molar-refractivity contribution in [1.29, 1.82) is 0 Å². The summed E-state index contributed by atoms with van der Waals surface area (Å²) < 4.78 is 10.1. The first-order valence-corrected chi connectivity index (χ1v) is 9.52. The molecule has 2 atom stereocenters. The Balaban J connectivity index is 5.56. The van der Waals surface area contributed by atoms with E-state index in [0.717, 1.165) is 11.8 Å². The number of hydrogen-bond acceptors (Lipinski definition) is 7. The third-order valence-corrected chi connectivity index (χ3v) is 4.44. The second-order valence-electron chi connectivity index (χ2n) is 7.47. The van der Waals surface area contributed by atoms with Gasteiger partial charge in [0.05, 0.1) is 7.11 Å². The van der Waals surface area contributed by atoms with Gasteiger partial charge in [0.15, 0.2) is 5.12 Å². The van der Waals surface area contributed by atoms with Crippen LogP contribution in [-0.2, 0) is 28.7 Å². The zero-order valence-corrected chi connectivity index (χ0v) is 17.8. The summed E-state index contributed by atoms with van der Waals surface area (Å²) in [4.78, 5) is 49.8. The minimum Gasteiger partial charge on any atom is -0.467 e. The molecule has 8 heteroatoms. The normalized spacial score (nSPS) is 13.7. The maximum atomic E-state index is 12.9. The van der Waals surface area contributed by atoms with Gasteiger partial charge in [-0.05, 0) is 26.7 Å². The smallest absolute Gasteiger partial charge is 0.328 e. The molecule has 0 aliphatic heterocycles. The topological polar surface area (TPSA) is 90.0 Å². The van der Waals surface area contributed by atoms with E-state index in [2.05, 4.69) is 0 Å². The molecule has 0 aromatic rings. The van der Waals surface area contributed by atoms with E-state index < -0.39 is 35.4 Å². The van der Waals surface area contributed by atoms with Crippen LogP contribution in [0.4, 0.5) is 0 Å². The Kier molecular flexibility index (Phi) is 9.91. The van der Waals surface area contributed by atoms with Gasteiger partial charge in [-0.1, -0.05) is 32.5 Å². The second-order valence-corrected chi connectivity index (χ2v) is 8.67. The Morgan fingerprint density at radius 3 is 2.00 bits per heavy atom. The van der Waals surface area contributed by atoms with Crippen LogP contribution in [0, 0.1) is 11.8 Å². The highest BCUT2D eigenvalue weighted by Gasteiger charge is 2.37. The largest absolute Gasteiger partial charge is 0.467 e. The van der Waals surface area contributed by atoms with Crippen LogP contribution < -0.4 is 0 Å². The lowest BCUT2D eigenvalue weighted by Gasteiger charge is -2.34. The molecule has 26 heavy (non-hydrogen) atoms. The first-order valence-electron chi connectivity index (χ1n) is 8.53. The molecule has 0 fully saturated rings. The fraction of sp³-hybridized carbons (Fsp3) is 0.778. The van der Waals surface area contributed by atoms with E-state index in [4.69, 9.17) is 9.47 Å². The zero-order chi connectivity index (χ0) is 20.7. The summed E-state index contributed by atoms with van der Waals surface area (Å²) in [6.07, 6.45) is 0. The minimum atomic E-state index is -0.912. The number of rotatable bonds is 8. The van der Waals surface area contributed by atoms with Gasteiger partial charge in [0.25, 0.3) is 0 Å². The molecule has 0 bridgehead atoms. The third kappa shape index (κ3) is 8.69. The zero-order valence-electron chi connectivity index (χ0n) is 17.0. The molecule has 0 spiro atoms. The summed E-state index contributed by atoms with van der Waals surface area (Å²) in [6.45, 7) is 11.4. The molecule has 0 aliphatic carbocycles. The van der Waals surface area contributed by atoms with Crippen LogP contribution in [0.25, 0.3) is 0 Å². The second kappa shape index (κ2) is 10.5. The molecule has 0 aliphatic rings. The Bertz CT molecular complexity index is 526. The van der Waals surface area contributed by atoms with Crippen LogP contribution >= 0.6 is 11.8 Å². The standard InChI is InChI=1S/C18H31NO6S/c1-11(2)15(17(23)24-8)19(9-14(21)25-18(5,6)7)16(22)12(3)10-26-13(4)20/h11-12,15H,9-10H2,1-8H3/t12?,15-/m1/s1. The number of nitrogens with zero attached hydrogens (tertiary/aromatic N) is 1. The van der Waals surface area contributed by atoms with Gasteiger partial charge in [0.2, 0.25) is 5.91 Å². The molecular weight excluding hydrogens is 358 g/mol. The van der Waals surface area contributed by atoms with Crippen molar-refractivity contribution >= 4 is 34.7 Å². The van der Waals surface area contributed by atoms with E-state index in [1.54, 1.807) is 41.5 Å². The number of hydrogen-bond donors (Lipinski definition) is 0. The van der Waals surface area contributed by atoms with Crippen molar-refractivity contribution in [2.75, 3.05) is 19.4 Å². The van der Waals surface area contributed by atoms with Crippen molar-refractivity contribution in [2.24, 2.45) is 11.8 Å². The van der Waals surface area contributed by atoms with E-state index >= 15 is 0 Å². The summed E-state index contributed by atoms with van der Waals surface area (Å²) in [7, 11) is 1.24. The van der Waals surface area contributed by atoms with E-state index in [1.165, 1.54) is 18.9 Å². The maximum absolute atomic E-state index is 12.9. The van der Waals surface area contributed by atoms with Gasteiger partial charge in [-0.25, -0.2) is 4.79 Å². The lowest BCUT2D eigenvalue weighted by Crippen LogP contribution is -2.53. The van der Waals surface area contributed by atoms with Gasteiger partial charge in [0, 0.05) is 18.6 Å². The molecule has 0 saturated heterocycles. The van der Waals surface area contributed by atoms with Gasteiger partial charge in [-0.15, -0.1) is 0 Å². The molecule has 0 rings (SSSR count). The number of carbonyl (C=O) groups excluding carboxylic acids is 4. The lowest BCUT2D eigenvalue weighted by atomic mass is 10.0. The first kappa shape index (κ1) is 24.4. The number of ether oxygens (including phenoxy) is 2. The van der Waals surface area contributed by atoms with Crippen molar-refractivity contribution in [1.82, 2.24) is 4.90 Å². The first-order chi connectivity index (χ1) is 11.8. The molecule has 150 valence electrons. The summed E-state index contributed by atoms with van der Waals surface area (Å²) in [5, 5.41) is -0.100. The van der Waals surface area contributed by atoms with Crippen molar-refractivity contribution < 1.29 is 28.7 Å². The molecule has 1 unspecified atom stereocenters. The van der Waals surface area contributed by atoms with Crippen LogP contribution in [0.2, 0.25) is 0 Å². The Morgan fingerprint density at radius 1 is 1.08 bits per heavy atom. The fourth-order valence-corrected chi connectivity index (χ4v) is 2.93. The van der Waals surface area contributed by atoms with Crippen LogP contribution in [0.5, 0.6) is 0 Å². The Hall–Kier alpha value is -1.57. The molecule has 7 nitrogen and oxygen atoms in total. The number of amides is 1. The number of methoxy groups -OCH3 is 1. The summed E-state index contributed by atoms with van der Waals surface area (Å²) in [5.74, 6) is -2.13. The van der Waals surface area contributed by atoms with Crippen molar-refractivity contribution in [2.45, 2.75) is 60.1 Å². The number of thioether (sulfide) groups is 1. The average molecular weight is 390 g/mol. The highest BCUT2D eigenvalue weighted by Crippen LogP contribution is 2.19. The molecule has 0 aromatic heterocycles. The Morgan fingerprint density at radius 2 is 1.62 bits per heavy atom. The fourth-order valence-electron chi connectivity index (χ4n) is 2.30. The highest BCUT2D eigenvalue weighted by atomic mass is 32.2. The molecule has 0 radical (unpaired) electrons. The van der Waals surface area contributed by atoms with Crippen molar-refractivity contribution in [3.8, 4) is 0 Å². The van der Waals surface area contributed by atoms with Gasteiger partial charge >= 0.3 is 11.9 Å². The average Bonchev–Trinajstić information content (AvgIpc) is 2.48. The SMILES string of the molecule is COC(=O)[C@@H](C(C)C)N(CC(=O)OC(C)(C)C)C(=O)C(C)CSC(C)=O. The van der Waals surface area contributed by atoms with E-state index in [9.17, 15) is 19.2 Å².